The summed E-state index contributed by atoms with van der Waals surface area (Å²) in [5.74, 6) is -2.80. The summed E-state index contributed by atoms with van der Waals surface area (Å²) in [6.45, 7) is 1.93. The number of rotatable bonds is 5. The average molecular weight is 485 g/mol. The lowest BCUT2D eigenvalue weighted by Gasteiger charge is -2.43. The van der Waals surface area contributed by atoms with E-state index >= 15 is 0 Å². The zero-order valence-corrected chi connectivity index (χ0v) is 19.2. The summed E-state index contributed by atoms with van der Waals surface area (Å²) in [6.07, 6.45) is 0.788. The molecule has 34 heavy (non-hydrogen) atoms. The van der Waals surface area contributed by atoms with Crippen LogP contribution in [-0.2, 0) is 13.1 Å². The van der Waals surface area contributed by atoms with Gasteiger partial charge in [-0.15, -0.1) is 0 Å². The van der Waals surface area contributed by atoms with Crippen LogP contribution in [0.4, 0.5) is 4.39 Å². The maximum absolute atomic E-state index is 14.1. The second kappa shape index (κ2) is 9.18. The number of aromatic nitrogens is 1. The summed E-state index contributed by atoms with van der Waals surface area (Å²) in [5.41, 5.74) is -0.502. The lowest BCUT2D eigenvalue weighted by atomic mass is 10.1. The Hall–Kier alpha value is -3.85. The molecule has 2 aromatic carbocycles. The minimum Gasteiger partial charge on any atom is -0.502 e. The number of nitrogens with zero attached hydrogens (tertiary/aromatic N) is 3. The number of carbonyl (C=O) groups excluding carboxylic acids is 2. The van der Waals surface area contributed by atoms with Gasteiger partial charge in [-0.2, -0.15) is 0 Å². The first-order valence-corrected chi connectivity index (χ1v) is 10.9. The van der Waals surface area contributed by atoms with Gasteiger partial charge >= 0.3 is 0 Å². The first-order chi connectivity index (χ1) is 16.2. The van der Waals surface area contributed by atoms with Crippen LogP contribution in [0.2, 0.25) is 5.02 Å². The molecular formula is C24H22ClFN4O4. The van der Waals surface area contributed by atoms with Gasteiger partial charge in [-0.05, 0) is 24.6 Å². The molecule has 0 unspecified atom stereocenters. The van der Waals surface area contributed by atoms with Gasteiger partial charge in [-0.25, -0.2) is 4.39 Å². The smallest absolute Gasteiger partial charge is 0.277 e. The van der Waals surface area contributed by atoms with Crippen molar-refractivity contribution in [1.82, 2.24) is 14.9 Å². The number of carbonyl (C=O) groups is 2. The fourth-order valence-corrected chi connectivity index (χ4v) is 3.94. The van der Waals surface area contributed by atoms with Gasteiger partial charge in [0.1, 0.15) is 17.5 Å². The molecular weight excluding hydrogens is 463 g/mol. The molecule has 1 aliphatic heterocycles. The second-order valence-electron chi connectivity index (χ2n) is 7.96. The van der Waals surface area contributed by atoms with Crippen LogP contribution < -0.4 is 15.8 Å². The number of hydrogen-bond donors (Lipinski definition) is 2. The Morgan fingerprint density at radius 3 is 2.56 bits per heavy atom. The van der Waals surface area contributed by atoms with Gasteiger partial charge in [-0.3, -0.25) is 24.1 Å². The van der Waals surface area contributed by atoms with E-state index in [1.807, 2.05) is 30.3 Å². The number of nitrogens with one attached hydrogen (secondary N) is 1. The predicted molar refractivity (Wildman–Crippen MR) is 125 cm³/mol. The third-order valence-electron chi connectivity index (χ3n) is 5.84. The van der Waals surface area contributed by atoms with E-state index in [-0.39, 0.29) is 28.4 Å². The quantitative estimate of drug-likeness (QED) is 0.580. The summed E-state index contributed by atoms with van der Waals surface area (Å²) in [5, 5.41) is 15.1. The summed E-state index contributed by atoms with van der Waals surface area (Å²) in [6, 6.07) is 13.5. The summed E-state index contributed by atoms with van der Waals surface area (Å²) in [7, 11) is 1.57. The van der Waals surface area contributed by atoms with Crippen LogP contribution in [0.3, 0.4) is 0 Å². The van der Waals surface area contributed by atoms with Gasteiger partial charge in [0.25, 0.3) is 11.8 Å². The maximum Gasteiger partial charge on any atom is 0.277 e. The molecule has 176 valence electrons. The van der Waals surface area contributed by atoms with Crippen molar-refractivity contribution in [1.29, 1.82) is 0 Å². The van der Waals surface area contributed by atoms with Crippen molar-refractivity contribution in [2.24, 2.45) is 0 Å². The molecule has 2 heterocycles. The number of hydrogen-bond acceptors (Lipinski definition) is 5. The van der Waals surface area contributed by atoms with Crippen molar-refractivity contribution in [3.05, 3.63) is 98.2 Å². The molecule has 1 aromatic heterocycles. The van der Waals surface area contributed by atoms with Gasteiger partial charge in [0.2, 0.25) is 5.43 Å². The van der Waals surface area contributed by atoms with Gasteiger partial charge in [-0.1, -0.05) is 48.0 Å². The molecule has 0 spiro atoms. The lowest BCUT2D eigenvalue weighted by molar-refractivity contribution is 0.0646. The Kier molecular flexibility index (Phi) is 6.30. The summed E-state index contributed by atoms with van der Waals surface area (Å²) < 4.78 is 15.4. The highest BCUT2D eigenvalue weighted by atomic mass is 35.5. The molecule has 0 saturated carbocycles. The van der Waals surface area contributed by atoms with Crippen LogP contribution in [0.5, 0.6) is 5.75 Å². The van der Waals surface area contributed by atoms with E-state index in [9.17, 15) is 23.9 Å². The van der Waals surface area contributed by atoms with Gasteiger partial charge in [0, 0.05) is 30.4 Å². The average Bonchev–Trinajstić information content (AvgIpc) is 2.82. The SMILES string of the molecule is C[C@H]1N(C)C(=O)c2c(O)c(=O)c(C(=O)NCc3ccc(Cl)cc3F)cn2N1Cc1ccccc1. The van der Waals surface area contributed by atoms with Crippen molar-refractivity contribution >= 4 is 23.4 Å². The molecule has 0 bridgehead atoms. The first kappa shape index (κ1) is 23.3. The molecule has 2 N–H and O–H groups in total. The summed E-state index contributed by atoms with van der Waals surface area (Å²) in [4.78, 5) is 39.9. The lowest BCUT2D eigenvalue weighted by Crippen LogP contribution is -2.58. The van der Waals surface area contributed by atoms with Crippen LogP contribution in [0.25, 0.3) is 0 Å². The normalized spacial score (nSPS) is 15.3. The highest BCUT2D eigenvalue weighted by Crippen LogP contribution is 2.25. The van der Waals surface area contributed by atoms with Gasteiger partial charge in [0.05, 0.1) is 6.54 Å². The van der Waals surface area contributed by atoms with E-state index in [1.165, 1.54) is 27.9 Å². The number of benzene rings is 2. The Labute approximate surface area is 199 Å². The monoisotopic (exact) mass is 484 g/mol. The Bertz CT molecular complexity index is 1330. The second-order valence-corrected chi connectivity index (χ2v) is 8.40. The maximum atomic E-state index is 14.1. The topological polar surface area (TPSA) is 94.9 Å². The molecule has 8 nitrogen and oxygen atoms in total. The molecule has 0 aliphatic carbocycles. The molecule has 3 aromatic rings. The fraction of sp³-hybridized carbons (Fsp3) is 0.208. The molecule has 10 heteroatoms. The van der Waals surface area contributed by atoms with E-state index in [1.54, 1.807) is 19.0 Å². The van der Waals surface area contributed by atoms with Crippen molar-refractivity contribution in [2.75, 3.05) is 12.1 Å². The number of fused-ring (bicyclic) bond motifs is 1. The van der Waals surface area contributed by atoms with Crippen LogP contribution >= 0.6 is 11.6 Å². The van der Waals surface area contributed by atoms with Crippen LogP contribution in [0, 0.1) is 5.82 Å². The molecule has 1 atom stereocenters. The predicted octanol–water partition coefficient (Wildman–Crippen LogP) is 2.85. The minimum atomic E-state index is -0.990. The van der Waals surface area contributed by atoms with Crippen LogP contribution in [0.15, 0.2) is 59.5 Å². The van der Waals surface area contributed by atoms with Crippen LogP contribution in [0.1, 0.15) is 38.9 Å². The number of pyridine rings is 1. The molecule has 1 aliphatic rings. The molecule has 2 amide bonds. The van der Waals surface area contributed by atoms with E-state index < -0.39 is 35.0 Å². The number of aromatic hydroxyl groups is 1. The highest BCUT2D eigenvalue weighted by Gasteiger charge is 2.36. The van der Waals surface area contributed by atoms with Crippen molar-refractivity contribution < 1.29 is 19.1 Å². The zero-order valence-electron chi connectivity index (χ0n) is 18.5. The molecule has 4 rings (SSSR count). The van der Waals surface area contributed by atoms with Gasteiger partial charge in [0.15, 0.2) is 11.4 Å². The van der Waals surface area contributed by atoms with E-state index in [4.69, 9.17) is 11.6 Å². The summed E-state index contributed by atoms with van der Waals surface area (Å²) >= 11 is 5.75. The Morgan fingerprint density at radius 2 is 1.88 bits per heavy atom. The Balaban J connectivity index is 1.71. The molecule has 0 radical (unpaired) electrons. The largest absolute Gasteiger partial charge is 0.502 e. The molecule has 0 saturated heterocycles. The first-order valence-electron chi connectivity index (χ1n) is 10.5. The third-order valence-corrected chi connectivity index (χ3v) is 6.08. The number of amides is 2. The number of halogens is 2. The van der Waals surface area contributed by atoms with Crippen molar-refractivity contribution in [3.8, 4) is 5.75 Å². The zero-order chi connectivity index (χ0) is 24.6. The third kappa shape index (κ3) is 4.22. The highest BCUT2D eigenvalue weighted by molar-refractivity contribution is 6.30. The van der Waals surface area contributed by atoms with Crippen LogP contribution in [-0.4, -0.2) is 39.7 Å². The Morgan fingerprint density at radius 1 is 1.18 bits per heavy atom. The minimum absolute atomic E-state index is 0.177. The van der Waals surface area contributed by atoms with E-state index in [0.717, 1.165) is 11.6 Å². The van der Waals surface area contributed by atoms with Gasteiger partial charge < -0.3 is 15.3 Å². The van der Waals surface area contributed by atoms with Crippen molar-refractivity contribution in [3.63, 3.8) is 0 Å². The van der Waals surface area contributed by atoms with E-state index in [0.29, 0.717) is 6.54 Å². The standard InChI is InChI=1S/C24H22ClFN4O4/c1-14-28(2)24(34)20-22(32)21(31)18(13-30(20)29(14)12-15-6-4-3-5-7-15)23(33)27-11-16-8-9-17(25)10-19(16)26/h3-10,13-14,32H,11-12H2,1-2H3,(H,27,33)/t14-/m0/s1. The fourth-order valence-electron chi connectivity index (χ4n) is 3.78. The molecule has 0 fully saturated rings. The van der Waals surface area contributed by atoms with E-state index in [2.05, 4.69) is 5.32 Å². The van der Waals surface area contributed by atoms with Crippen molar-refractivity contribution in [2.45, 2.75) is 26.2 Å².